The molecule has 2 aromatic carbocycles. The van der Waals surface area contributed by atoms with Gasteiger partial charge in [-0.3, -0.25) is 0 Å². The lowest BCUT2D eigenvalue weighted by Crippen LogP contribution is -1.98. The first kappa shape index (κ1) is 13.9. The van der Waals surface area contributed by atoms with Crippen LogP contribution < -0.4 is 0 Å². The van der Waals surface area contributed by atoms with Gasteiger partial charge in [-0.1, -0.05) is 29.8 Å². The lowest BCUT2D eigenvalue weighted by Gasteiger charge is -2.11. The van der Waals surface area contributed by atoms with Gasteiger partial charge in [0.15, 0.2) is 0 Å². The van der Waals surface area contributed by atoms with Crippen LogP contribution in [0.25, 0.3) is 10.2 Å². The molecular formula is C16H13Cl2NS. The van der Waals surface area contributed by atoms with E-state index in [1.54, 1.807) is 11.3 Å². The highest BCUT2D eigenvalue weighted by Crippen LogP contribution is 2.32. The summed E-state index contributed by atoms with van der Waals surface area (Å²) in [4.78, 5) is 4.63. The Kier molecular flexibility index (Phi) is 3.97. The number of nitrogens with zero attached hydrogens (tertiary/aromatic N) is 1. The van der Waals surface area contributed by atoms with E-state index in [1.807, 2.05) is 43.3 Å². The highest BCUT2D eigenvalue weighted by atomic mass is 35.5. The monoisotopic (exact) mass is 321 g/mol. The summed E-state index contributed by atoms with van der Waals surface area (Å²) in [5, 5.41) is 1.74. The Morgan fingerprint density at radius 3 is 2.75 bits per heavy atom. The minimum absolute atomic E-state index is 0.0761. The molecule has 1 unspecified atom stereocenters. The molecule has 1 atom stereocenters. The topological polar surface area (TPSA) is 12.9 Å². The van der Waals surface area contributed by atoms with E-state index in [0.717, 1.165) is 33.1 Å². The van der Waals surface area contributed by atoms with Crippen LogP contribution in [0.15, 0.2) is 42.5 Å². The number of aryl methyl sites for hydroxylation is 1. The van der Waals surface area contributed by atoms with Crippen LogP contribution in [-0.4, -0.2) is 4.98 Å². The Labute approximate surface area is 132 Å². The van der Waals surface area contributed by atoms with E-state index in [0.29, 0.717) is 0 Å². The predicted molar refractivity (Wildman–Crippen MR) is 88.1 cm³/mol. The normalized spacial score (nSPS) is 12.8. The summed E-state index contributed by atoms with van der Waals surface area (Å²) < 4.78 is 1.21. The summed E-state index contributed by atoms with van der Waals surface area (Å²) in [5.74, 6) is 0. The number of alkyl halides is 1. The molecule has 1 heterocycles. The van der Waals surface area contributed by atoms with Crippen molar-refractivity contribution < 1.29 is 0 Å². The Hall–Kier alpha value is -1.09. The number of rotatable bonds is 3. The van der Waals surface area contributed by atoms with Gasteiger partial charge in [0.25, 0.3) is 0 Å². The van der Waals surface area contributed by atoms with Crippen LogP contribution in [0.1, 0.15) is 21.5 Å². The van der Waals surface area contributed by atoms with Crippen LogP contribution in [-0.2, 0) is 6.42 Å². The van der Waals surface area contributed by atoms with Crippen molar-refractivity contribution >= 4 is 44.8 Å². The molecule has 0 saturated carbocycles. The molecule has 0 N–H and O–H groups in total. The molecular weight excluding hydrogens is 309 g/mol. The molecule has 0 fully saturated rings. The van der Waals surface area contributed by atoms with Gasteiger partial charge in [0.1, 0.15) is 0 Å². The van der Waals surface area contributed by atoms with Crippen molar-refractivity contribution in [3.63, 3.8) is 0 Å². The lowest BCUT2D eigenvalue weighted by atomic mass is 10.0. The fraction of sp³-hybridized carbons (Fsp3) is 0.188. The number of fused-ring (bicyclic) bond motifs is 1. The third kappa shape index (κ3) is 2.83. The minimum Gasteiger partial charge on any atom is -0.241 e. The van der Waals surface area contributed by atoms with Crippen LogP contribution in [0, 0.1) is 6.92 Å². The molecule has 1 aromatic heterocycles. The molecule has 0 saturated heterocycles. The van der Waals surface area contributed by atoms with E-state index in [-0.39, 0.29) is 5.38 Å². The summed E-state index contributed by atoms with van der Waals surface area (Å²) in [6, 6.07) is 14.0. The second-order valence-electron chi connectivity index (χ2n) is 4.75. The maximum atomic E-state index is 6.55. The highest BCUT2D eigenvalue weighted by Gasteiger charge is 2.14. The third-order valence-electron chi connectivity index (χ3n) is 3.26. The van der Waals surface area contributed by atoms with Gasteiger partial charge < -0.3 is 0 Å². The van der Waals surface area contributed by atoms with Crippen LogP contribution in [0.4, 0.5) is 0 Å². The molecule has 102 valence electrons. The number of halogens is 2. The summed E-state index contributed by atoms with van der Waals surface area (Å²) in [7, 11) is 0. The van der Waals surface area contributed by atoms with Crippen LogP contribution in [0.5, 0.6) is 0 Å². The third-order valence-corrected chi connectivity index (χ3v) is 4.94. The summed E-state index contributed by atoms with van der Waals surface area (Å²) in [5.41, 5.74) is 3.29. The van der Waals surface area contributed by atoms with Crippen molar-refractivity contribution in [2.24, 2.45) is 0 Å². The van der Waals surface area contributed by atoms with Gasteiger partial charge in [0.05, 0.1) is 20.6 Å². The first-order valence-corrected chi connectivity index (χ1v) is 8.01. The smallest absolute Gasteiger partial charge is 0.0956 e. The molecule has 20 heavy (non-hydrogen) atoms. The van der Waals surface area contributed by atoms with Gasteiger partial charge in [0.2, 0.25) is 0 Å². The highest BCUT2D eigenvalue weighted by molar-refractivity contribution is 7.18. The lowest BCUT2D eigenvalue weighted by molar-refractivity contribution is 0.902. The van der Waals surface area contributed by atoms with E-state index in [1.165, 1.54) is 4.70 Å². The van der Waals surface area contributed by atoms with Crippen molar-refractivity contribution in [2.75, 3.05) is 0 Å². The molecule has 1 nitrogen and oxygen atoms in total. The van der Waals surface area contributed by atoms with Gasteiger partial charge in [-0.05, 0) is 42.3 Å². The standard InChI is InChI=1S/C16H13Cl2NS/c1-10-8-11(17)6-7-12(10)13(18)9-16-19-14-4-2-3-5-15(14)20-16/h2-8,13H,9H2,1H3. The number of hydrogen-bond donors (Lipinski definition) is 0. The predicted octanol–water partition coefficient (Wildman–Crippen LogP) is 5.78. The van der Waals surface area contributed by atoms with Crippen molar-refractivity contribution in [1.29, 1.82) is 0 Å². The molecule has 0 spiro atoms. The van der Waals surface area contributed by atoms with Crippen molar-refractivity contribution in [3.8, 4) is 0 Å². The van der Waals surface area contributed by atoms with Crippen molar-refractivity contribution in [3.05, 3.63) is 63.6 Å². The Morgan fingerprint density at radius 2 is 2.00 bits per heavy atom. The zero-order valence-corrected chi connectivity index (χ0v) is 13.3. The number of aromatic nitrogens is 1. The van der Waals surface area contributed by atoms with E-state index < -0.39 is 0 Å². The van der Waals surface area contributed by atoms with Gasteiger partial charge in [-0.25, -0.2) is 4.98 Å². The van der Waals surface area contributed by atoms with Gasteiger partial charge in [-0.2, -0.15) is 0 Å². The molecule has 3 rings (SSSR count). The van der Waals surface area contributed by atoms with Crippen molar-refractivity contribution in [2.45, 2.75) is 18.7 Å². The summed E-state index contributed by atoms with van der Waals surface area (Å²) >= 11 is 14.2. The fourth-order valence-electron chi connectivity index (χ4n) is 2.26. The zero-order valence-electron chi connectivity index (χ0n) is 10.9. The van der Waals surface area contributed by atoms with E-state index in [4.69, 9.17) is 23.2 Å². The number of hydrogen-bond acceptors (Lipinski definition) is 2. The largest absolute Gasteiger partial charge is 0.241 e. The second-order valence-corrected chi connectivity index (χ2v) is 6.83. The molecule has 0 aliphatic heterocycles. The first-order valence-electron chi connectivity index (χ1n) is 6.38. The molecule has 0 amide bonds. The van der Waals surface area contributed by atoms with Crippen molar-refractivity contribution in [1.82, 2.24) is 4.98 Å². The average Bonchev–Trinajstić information content (AvgIpc) is 2.80. The molecule has 0 aliphatic rings. The zero-order chi connectivity index (χ0) is 14.1. The average molecular weight is 322 g/mol. The quantitative estimate of drug-likeness (QED) is 0.557. The van der Waals surface area contributed by atoms with Gasteiger partial charge >= 0.3 is 0 Å². The summed E-state index contributed by atoms with van der Waals surface area (Å²) in [6.45, 7) is 2.04. The van der Waals surface area contributed by atoms with E-state index >= 15 is 0 Å². The molecule has 4 heteroatoms. The molecule has 0 aliphatic carbocycles. The molecule has 0 radical (unpaired) electrons. The second kappa shape index (κ2) is 5.72. The van der Waals surface area contributed by atoms with Crippen LogP contribution >= 0.6 is 34.5 Å². The number of benzene rings is 2. The van der Waals surface area contributed by atoms with E-state index in [9.17, 15) is 0 Å². The van der Waals surface area contributed by atoms with Gasteiger partial charge in [0, 0.05) is 11.4 Å². The van der Waals surface area contributed by atoms with Gasteiger partial charge in [-0.15, -0.1) is 22.9 Å². The summed E-state index contributed by atoms with van der Waals surface area (Å²) in [6.07, 6.45) is 0.739. The Morgan fingerprint density at radius 1 is 1.20 bits per heavy atom. The first-order chi connectivity index (χ1) is 9.63. The SMILES string of the molecule is Cc1cc(Cl)ccc1C(Cl)Cc1nc2ccccc2s1. The number of para-hydroxylation sites is 1. The maximum absolute atomic E-state index is 6.55. The Bertz CT molecular complexity index is 718. The number of thiazole rings is 1. The molecule has 0 bridgehead atoms. The fourth-order valence-corrected chi connectivity index (χ4v) is 3.98. The maximum Gasteiger partial charge on any atom is 0.0956 e. The Balaban J connectivity index is 1.86. The van der Waals surface area contributed by atoms with E-state index in [2.05, 4.69) is 11.1 Å². The van der Waals surface area contributed by atoms with Crippen LogP contribution in [0.3, 0.4) is 0 Å². The van der Waals surface area contributed by atoms with Crippen LogP contribution in [0.2, 0.25) is 5.02 Å². The molecule has 3 aromatic rings. The minimum atomic E-state index is -0.0761.